The lowest BCUT2D eigenvalue weighted by Gasteiger charge is -2.27. The molecule has 0 bridgehead atoms. The third-order valence-corrected chi connectivity index (χ3v) is 11.4. The number of carbonyl (C=O) groups is 9. The number of amides is 9. The maximum Gasteiger partial charge on any atom is 0.244 e. The molecule has 0 radical (unpaired) electrons. The van der Waals surface area contributed by atoms with Crippen molar-refractivity contribution in [2.45, 2.75) is 172 Å². The Morgan fingerprint density at radius 1 is 0.514 bits per heavy atom. The predicted molar refractivity (Wildman–Crippen MR) is 270 cm³/mol. The van der Waals surface area contributed by atoms with Crippen LogP contribution in [-0.4, -0.2) is 151 Å². The van der Waals surface area contributed by atoms with Gasteiger partial charge in [0.15, 0.2) is 0 Å². The molecule has 24 nitrogen and oxygen atoms in total. The maximum atomic E-state index is 14.1. The second kappa shape index (κ2) is 36.2. The van der Waals surface area contributed by atoms with E-state index in [-0.39, 0.29) is 83.5 Å². The van der Waals surface area contributed by atoms with Crippen molar-refractivity contribution in [2.24, 2.45) is 34.6 Å². The summed E-state index contributed by atoms with van der Waals surface area (Å²) < 4.78 is 0. The second-order valence-electron chi connectivity index (χ2n) is 18.4. The van der Waals surface area contributed by atoms with Gasteiger partial charge in [0, 0.05) is 19.5 Å². The Morgan fingerprint density at radius 3 is 1.43 bits per heavy atom. The molecule has 9 atom stereocenters. The highest BCUT2D eigenvalue weighted by molar-refractivity contribution is 5.96. The molecule has 0 unspecified atom stereocenters. The molecule has 72 heavy (non-hydrogen) atoms. The first-order valence-corrected chi connectivity index (χ1v) is 25.1. The first-order chi connectivity index (χ1) is 34.2. The van der Waals surface area contributed by atoms with Crippen LogP contribution in [0.25, 0.3) is 0 Å². The summed E-state index contributed by atoms with van der Waals surface area (Å²) in [6, 6.07) is -0.162. The highest BCUT2D eigenvalue weighted by Crippen LogP contribution is 2.11. The Morgan fingerprint density at radius 2 is 0.958 bits per heavy atom. The van der Waals surface area contributed by atoms with Crippen LogP contribution in [0.4, 0.5) is 0 Å². The van der Waals surface area contributed by atoms with Crippen LogP contribution >= 0.6 is 0 Å². The molecule has 0 aliphatic rings. The van der Waals surface area contributed by atoms with E-state index >= 15 is 0 Å². The number of carbonyl (C=O) groups excluding carboxylic acids is 9. The zero-order valence-electron chi connectivity index (χ0n) is 42.6. The molecule has 24 heteroatoms. The van der Waals surface area contributed by atoms with Crippen molar-refractivity contribution >= 4 is 53.2 Å². The minimum atomic E-state index is -1.49. The number of nitrogens with two attached hydrogens (primary N) is 5. The summed E-state index contributed by atoms with van der Waals surface area (Å²) >= 11 is 0. The maximum absolute atomic E-state index is 14.1. The number of primary amides is 1. The van der Waals surface area contributed by atoms with Crippen molar-refractivity contribution in [3.63, 3.8) is 0 Å². The van der Waals surface area contributed by atoms with Gasteiger partial charge in [-0.2, -0.15) is 0 Å². The number of hydrogen-bond donors (Lipinski definition) is 15. The van der Waals surface area contributed by atoms with Gasteiger partial charge in [-0.1, -0.05) is 83.2 Å². The molecule has 0 aliphatic heterocycles. The van der Waals surface area contributed by atoms with Crippen LogP contribution in [0.2, 0.25) is 0 Å². The highest BCUT2D eigenvalue weighted by atomic mass is 16.3. The summed E-state index contributed by atoms with van der Waals surface area (Å²) in [6.07, 6.45) is 2.30. The summed E-state index contributed by atoms with van der Waals surface area (Å²) in [7, 11) is 0. The van der Waals surface area contributed by atoms with E-state index in [1.165, 1.54) is 6.92 Å². The van der Waals surface area contributed by atoms with Crippen molar-refractivity contribution < 1.29 is 53.4 Å². The topological polar surface area (TPSA) is 420 Å². The Bertz CT molecular complexity index is 1840. The molecule has 1 aromatic rings. The third kappa shape index (κ3) is 26.6. The Balaban J connectivity index is 3.36. The van der Waals surface area contributed by atoms with Gasteiger partial charge in [0.2, 0.25) is 53.2 Å². The minimum Gasteiger partial charge on any atom is -0.393 e. The minimum absolute atomic E-state index is 0.00827. The molecule has 0 heterocycles. The summed E-state index contributed by atoms with van der Waals surface area (Å²) in [5, 5.41) is 40.7. The second-order valence-corrected chi connectivity index (χ2v) is 18.4. The standard InChI is InChI=1S/C48H85N13O11/c1-5-6-7-8-12-15-32(63)27-41(65)56-39(28-52)48(72)59-36(47(71)58-34(17-21-50)45(69)60-37(42(53)66)26-31-13-10-9-11-14-31)19-23-54-43(67)38(24-29(2)3)61-46(70)35(18-22-51)57-44(68)33(16-20-49)55-40(64)25-30(4)62/h9-11,13-14,29-30,32-39,62-63H,5-8,12,15-28,49-52H2,1-4H3,(H2,53,66)(H,54,67)(H,55,64)(H,56,65)(H,57,68)(H,58,71)(H,59,72)(H,60,69)(H,61,70)/t30-,32-,33+,34+,35+,36+,37-,38+,39-/m1/s1. The van der Waals surface area contributed by atoms with E-state index in [0.717, 1.165) is 25.7 Å². The monoisotopic (exact) mass is 1020 g/mol. The summed E-state index contributed by atoms with van der Waals surface area (Å²) in [4.78, 5) is 120. The first-order valence-electron chi connectivity index (χ1n) is 25.1. The van der Waals surface area contributed by atoms with Gasteiger partial charge in [0.05, 0.1) is 25.0 Å². The fourth-order valence-electron chi connectivity index (χ4n) is 7.48. The van der Waals surface area contributed by atoms with Crippen LogP contribution in [0.5, 0.6) is 0 Å². The number of rotatable bonds is 38. The Labute approximate surface area is 423 Å². The van der Waals surface area contributed by atoms with Crippen LogP contribution in [0.3, 0.4) is 0 Å². The van der Waals surface area contributed by atoms with Crippen molar-refractivity contribution in [2.75, 3.05) is 32.7 Å². The SMILES string of the molecule is CCCCCCC[C@@H](O)CC(=O)N[C@H](CN)C(=O)N[C@@H](CCNC(=O)[C@H](CC(C)C)NC(=O)[C@H](CCN)NC(=O)[C@H](CCN)NC(=O)C[C@@H](C)O)C(=O)N[C@@H](CCN)C(=O)N[C@H](Cc1ccccc1)C(N)=O. The summed E-state index contributed by atoms with van der Waals surface area (Å²) in [6.45, 7) is 6.26. The van der Waals surface area contributed by atoms with Crippen LogP contribution in [0.1, 0.15) is 117 Å². The molecule has 0 saturated heterocycles. The van der Waals surface area contributed by atoms with Crippen molar-refractivity contribution in [3.05, 3.63) is 35.9 Å². The molecule has 408 valence electrons. The first kappa shape index (κ1) is 64.2. The van der Waals surface area contributed by atoms with Crippen LogP contribution in [0.15, 0.2) is 30.3 Å². The molecule has 0 aromatic heterocycles. The third-order valence-electron chi connectivity index (χ3n) is 11.4. The van der Waals surface area contributed by atoms with Gasteiger partial charge in [-0.25, -0.2) is 0 Å². The van der Waals surface area contributed by atoms with Crippen LogP contribution in [0, 0.1) is 5.92 Å². The normalized spacial score (nSPS) is 14.9. The predicted octanol–water partition coefficient (Wildman–Crippen LogP) is -3.45. The number of hydrogen-bond acceptors (Lipinski definition) is 15. The van der Waals surface area contributed by atoms with Gasteiger partial charge in [0.25, 0.3) is 0 Å². The molecular formula is C48H85N13O11. The average Bonchev–Trinajstić information content (AvgIpc) is 3.31. The summed E-state index contributed by atoms with van der Waals surface area (Å²) in [5.74, 6) is -7.05. The van der Waals surface area contributed by atoms with E-state index in [1.54, 1.807) is 44.2 Å². The van der Waals surface area contributed by atoms with E-state index in [0.29, 0.717) is 18.4 Å². The highest BCUT2D eigenvalue weighted by Gasteiger charge is 2.33. The zero-order valence-corrected chi connectivity index (χ0v) is 42.6. The number of benzene rings is 1. The number of aliphatic hydroxyl groups excluding tert-OH is 2. The molecule has 1 rings (SSSR count). The van der Waals surface area contributed by atoms with E-state index in [1.807, 2.05) is 0 Å². The van der Waals surface area contributed by atoms with Crippen LogP contribution < -0.4 is 71.2 Å². The van der Waals surface area contributed by atoms with Crippen molar-refractivity contribution in [3.8, 4) is 0 Å². The van der Waals surface area contributed by atoms with E-state index in [9.17, 15) is 53.4 Å². The smallest absolute Gasteiger partial charge is 0.244 e. The van der Waals surface area contributed by atoms with Gasteiger partial charge >= 0.3 is 0 Å². The average molecular weight is 1020 g/mol. The molecule has 0 saturated carbocycles. The zero-order chi connectivity index (χ0) is 54.2. The molecule has 0 aliphatic carbocycles. The van der Waals surface area contributed by atoms with E-state index < -0.39 is 114 Å². The lowest BCUT2D eigenvalue weighted by atomic mass is 10.0. The molecule has 0 fully saturated rings. The van der Waals surface area contributed by atoms with Gasteiger partial charge in [0.1, 0.15) is 42.3 Å². The largest absolute Gasteiger partial charge is 0.393 e. The lowest BCUT2D eigenvalue weighted by Crippen LogP contribution is -2.60. The van der Waals surface area contributed by atoms with Gasteiger partial charge in [-0.05, 0) is 76.6 Å². The Kier molecular flexibility index (Phi) is 32.3. The number of nitrogens with one attached hydrogen (secondary N) is 8. The van der Waals surface area contributed by atoms with Gasteiger partial charge in [-0.15, -0.1) is 0 Å². The van der Waals surface area contributed by atoms with Gasteiger partial charge in [-0.3, -0.25) is 43.2 Å². The Hall–Kier alpha value is -5.79. The lowest BCUT2D eigenvalue weighted by molar-refractivity contribution is -0.135. The fraction of sp³-hybridized carbons (Fsp3) is 0.688. The summed E-state index contributed by atoms with van der Waals surface area (Å²) in [5.41, 5.74) is 29.5. The number of unbranched alkanes of at least 4 members (excludes halogenated alkanes) is 4. The molecule has 9 amide bonds. The number of aliphatic hydroxyl groups is 2. The fourth-order valence-corrected chi connectivity index (χ4v) is 7.48. The van der Waals surface area contributed by atoms with Crippen molar-refractivity contribution in [1.82, 2.24) is 42.5 Å². The molecular weight excluding hydrogens is 935 g/mol. The molecule has 0 spiro atoms. The molecule has 1 aromatic carbocycles. The van der Waals surface area contributed by atoms with E-state index in [2.05, 4.69) is 49.5 Å². The van der Waals surface area contributed by atoms with Crippen LogP contribution in [-0.2, 0) is 49.6 Å². The van der Waals surface area contributed by atoms with E-state index in [4.69, 9.17) is 28.7 Å². The van der Waals surface area contributed by atoms with Crippen molar-refractivity contribution in [1.29, 1.82) is 0 Å². The molecule has 20 N–H and O–H groups in total. The van der Waals surface area contributed by atoms with Gasteiger partial charge < -0.3 is 81.4 Å². The quantitative estimate of drug-likeness (QED) is 0.0287.